The van der Waals surface area contributed by atoms with Crippen LogP contribution in [0.5, 0.6) is 0 Å². The van der Waals surface area contributed by atoms with Crippen molar-refractivity contribution >= 4 is 34.3 Å². The van der Waals surface area contributed by atoms with E-state index in [-0.39, 0.29) is 23.8 Å². The molecule has 136 valence electrons. The number of amides is 2. The number of aromatic nitrogens is 1. The number of hydrogen-bond donors (Lipinski definition) is 0. The minimum Gasteiger partial charge on any atom is -0.378 e. The summed E-state index contributed by atoms with van der Waals surface area (Å²) in [5.74, 6) is -0.376. The molecule has 0 saturated carbocycles. The third-order valence-electron chi connectivity index (χ3n) is 5.18. The van der Waals surface area contributed by atoms with Gasteiger partial charge < -0.3 is 14.5 Å². The van der Waals surface area contributed by atoms with Crippen LogP contribution in [0.1, 0.15) is 16.1 Å². The lowest BCUT2D eigenvalue weighted by Crippen LogP contribution is -2.45. The van der Waals surface area contributed by atoms with Crippen LogP contribution in [0.2, 0.25) is 5.02 Å². The zero-order chi connectivity index (χ0) is 18.4. The standard InChI is InChI=1S/C19H20ClN3O3/c1-11-6-15(14-4-3-5-16(20)17(14)21-11)19(25)23-7-12-9-26-10-13(8-23)22(2)18(12)24/h3-6,12-13H,7-10H2,1-2H3/t12-,13+/m1/s1. The molecule has 0 unspecified atom stereocenters. The Morgan fingerprint density at radius 1 is 1.31 bits per heavy atom. The maximum atomic E-state index is 13.4. The second kappa shape index (κ2) is 6.52. The number of carbonyl (C=O) groups excluding carboxylic acids is 2. The van der Waals surface area contributed by atoms with Gasteiger partial charge in [0.25, 0.3) is 5.91 Å². The Hall–Kier alpha value is -2.18. The van der Waals surface area contributed by atoms with Gasteiger partial charge in [0.1, 0.15) is 0 Å². The minimum absolute atomic E-state index is 0.0432. The maximum absolute atomic E-state index is 13.4. The normalized spacial score (nSPS) is 23.3. The number of carbonyl (C=O) groups is 2. The third kappa shape index (κ3) is 2.83. The zero-order valence-electron chi connectivity index (χ0n) is 14.7. The van der Waals surface area contributed by atoms with Gasteiger partial charge in [0.2, 0.25) is 5.91 Å². The molecule has 2 amide bonds. The maximum Gasteiger partial charge on any atom is 0.254 e. The summed E-state index contributed by atoms with van der Waals surface area (Å²) in [6.45, 7) is 3.47. The number of hydrogen-bond acceptors (Lipinski definition) is 4. The van der Waals surface area contributed by atoms with Gasteiger partial charge in [-0.15, -0.1) is 0 Å². The molecule has 2 aromatic rings. The molecule has 0 aliphatic carbocycles. The van der Waals surface area contributed by atoms with Crippen molar-refractivity contribution in [2.24, 2.45) is 5.92 Å². The van der Waals surface area contributed by atoms with Gasteiger partial charge in [0, 0.05) is 31.2 Å². The first kappa shape index (κ1) is 17.2. The van der Waals surface area contributed by atoms with Gasteiger partial charge in [-0.2, -0.15) is 0 Å². The minimum atomic E-state index is -0.325. The van der Waals surface area contributed by atoms with E-state index in [0.29, 0.717) is 42.4 Å². The molecule has 2 aliphatic rings. The van der Waals surface area contributed by atoms with Gasteiger partial charge in [0.05, 0.1) is 41.3 Å². The lowest BCUT2D eigenvalue weighted by Gasteiger charge is -2.29. The van der Waals surface area contributed by atoms with Crippen LogP contribution in [0.3, 0.4) is 0 Å². The number of likely N-dealkylation sites (N-methyl/N-ethyl adjacent to an activating group) is 1. The number of para-hydroxylation sites is 1. The molecule has 2 aliphatic heterocycles. The Morgan fingerprint density at radius 2 is 2.12 bits per heavy atom. The number of halogens is 1. The van der Waals surface area contributed by atoms with Crippen molar-refractivity contribution in [2.75, 3.05) is 33.4 Å². The topological polar surface area (TPSA) is 62.7 Å². The molecule has 0 N–H and O–H groups in total. The molecule has 1 aromatic heterocycles. The Bertz CT molecular complexity index is 901. The van der Waals surface area contributed by atoms with Crippen LogP contribution in [-0.2, 0) is 9.53 Å². The molecule has 2 bridgehead atoms. The Balaban J connectivity index is 1.76. The summed E-state index contributed by atoms with van der Waals surface area (Å²) in [7, 11) is 1.79. The summed E-state index contributed by atoms with van der Waals surface area (Å²) in [4.78, 5) is 33.9. The highest BCUT2D eigenvalue weighted by molar-refractivity contribution is 6.35. The van der Waals surface area contributed by atoms with Crippen molar-refractivity contribution in [2.45, 2.75) is 13.0 Å². The molecule has 0 spiro atoms. The van der Waals surface area contributed by atoms with Gasteiger partial charge in [0.15, 0.2) is 0 Å². The van der Waals surface area contributed by atoms with Crippen LogP contribution in [-0.4, -0.2) is 66.0 Å². The van der Waals surface area contributed by atoms with Gasteiger partial charge in [-0.25, -0.2) is 0 Å². The molecule has 2 fully saturated rings. The van der Waals surface area contributed by atoms with Crippen LogP contribution < -0.4 is 0 Å². The molecule has 26 heavy (non-hydrogen) atoms. The van der Waals surface area contributed by atoms with Gasteiger partial charge in [-0.05, 0) is 19.1 Å². The van der Waals surface area contributed by atoms with E-state index in [0.717, 1.165) is 11.1 Å². The average molecular weight is 374 g/mol. The van der Waals surface area contributed by atoms with Crippen molar-refractivity contribution in [1.29, 1.82) is 0 Å². The summed E-state index contributed by atoms with van der Waals surface area (Å²) in [5.41, 5.74) is 1.94. The highest BCUT2D eigenvalue weighted by Gasteiger charge is 2.39. The Morgan fingerprint density at radius 3 is 2.92 bits per heavy atom. The monoisotopic (exact) mass is 373 g/mol. The van der Waals surface area contributed by atoms with E-state index in [2.05, 4.69) is 4.98 Å². The van der Waals surface area contributed by atoms with E-state index < -0.39 is 0 Å². The summed E-state index contributed by atoms with van der Waals surface area (Å²) in [6.07, 6.45) is 0. The zero-order valence-corrected chi connectivity index (χ0v) is 15.5. The molecule has 2 saturated heterocycles. The highest BCUT2D eigenvalue weighted by atomic mass is 35.5. The van der Waals surface area contributed by atoms with Crippen molar-refractivity contribution < 1.29 is 14.3 Å². The van der Waals surface area contributed by atoms with E-state index in [1.807, 2.05) is 19.1 Å². The Labute approximate surface area is 156 Å². The number of rotatable bonds is 1. The van der Waals surface area contributed by atoms with E-state index in [9.17, 15) is 9.59 Å². The fraction of sp³-hybridized carbons (Fsp3) is 0.421. The van der Waals surface area contributed by atoms with Crippen LogP contribution in [0.4, 0.5) is 0 Å². The van der Waals surface area contributed by atoms with Crippen LogP contribution in [0.25, 0.3) is 10.9 Å². The fourth-order valence-electron chi connectivity index (χ4n) is 3.75. The number of fused-ring (bicyclic) bond motifs is 4. The molecular weight excluding hydrogens is 354 g/mol. The van der Waals surface area contributed by atoms with Crippen LogP contribution in [0.15, 0.2) is 24.3 Å². The first-order valence-electron chi connectivity index (χ1n) is 8.65. The lowest BCUT2D eigenvalue weighted by atomic mass is 10.0. The number of benzene rings is 1. The first-order chi connectivity index (χ1) is 12.5. The van der Waals surface area contributed by atoms with Crippen molar-refractivity contribution in [3.05, 3.63) is 40.5 Å². The molecule has 6 nitrogen and oxygen atoms in total. The number of pyridine rings is 1. The molecule has 2 atom stereocenters. The summed E-state index contributed by atoms with van der Waals surface area (Å²) in [5, 5.41) is 1.26. The van der Waals surface area contributed by atoms with Crippen LogP contribution >= 0.6 is 11.6 Å². The Kier molecular flexibility index (Phi) is 4.32. The predicted octanol–water partition coefficient (Wildman–Crippen LogP) is 2.13. The molecule has 3 heterocycles. The van der Waals surface area contributed by atoms with Crippen molar-refractivity contribution in [3.8, 4) is 0 Å². The fourth-order valence-corrected chi connectivity index (χ4v) is 3.97. The molecule has 7 heteroatoms. The van der Waals surface area contributed by atoms with Gasteiger partial charge >= 0.3 is 0 Å². The molecule has 4 rings (SSSR count). The quantitative estimate of drug-likeness (QED) is 0.768. The number of ether oxygens (including phenoxy) is 1. The molecular formula is C19H20ClN3O3. The van der Waals surface area contributed by atoms with E-state index in [1.54, 1.807) is 29.0 Å². The SMILES string of the molecule is Cc1cc(C(=O)N2C[C@@H]3COC[C@H](C2)N(C)C3=O)c2cccc(Cl)c2n1. The van der Waals surface area contributed by atoms with E-state index >= 15 is 0 Å². The van der Waals surface area contributed by atoms with Gasteiger partial charge in [-0.3, -0.25) is 14.6 Å². The second-order valence-corrected chi connectivity index (χ2v) is 7.40. The molecule has 0 radical (unpaired) electrons. The first-order valence-corrected chi connectivity index (χ1v) is 9.03. The smallest absolute Gasteiger partial charge is 0.254 e. The van der Waals surface area contributed by atoms with E-state index in [4.69, 9.17) is 16.3 Å². The number of aryl methyl sites for hydroxylation is 1. The molecule has 1 aromatic carbocycles. The average Bonchev–Trinajstić information content (AvgIpc) is 2.79. The highest BCUT2D eigenvalue weighted by Crippen LogP contribution is 2.28. The third-order valence-corrected chi connectivity index (χ3v) is 5.49. The van der Waals surface area contributed by atoms with Gasteiger partial charge in [-0.1, -0.05) is 23.7 Å². The largest absolute Gasteiger partial charge is 0.378 e. The van der Waals surface area contributed by atoms with Crippen molar-refractivity contribution in [3.63, 3.8) is 0 Å². The van der Waals surface area contributed by atoms with Crippen LogP contribution in [0, 0.1) is 12.8 Å². The van der Waals surface area contributed by atoms with Crippen molar-refractivity contribution in [1.82, 2.24) is 14.8 Å². The summed E-state index contributed by atoms with van der Waals surface area (Å²) < 4.78 is 5.61. The lowest BCUT2D eigenvalue weighted by molar-refractivity contribution is -0.133. The number of nitrogens with zero attached hydrogens (tertiary/aromatic N) is 3. The van der Waals surface area contributed by atoms with E-state index in [1.165, 1.54) is 0 Å². The summed E-state index contributed by atoms with van der Waals surface area (Å²) >= 11 is 6.28. The second-order valence-electron chi connectivity index (χ2n) is 6.99. The predicted molar refractivity (Wildman–Crippen MR) is 98.3 cm³/mol. The summed E-state index contributed by atoms with van der Waals surface area (Å²) in [6, 6.07) is 7.12.